The number of hydrogen-bond acceptors (Lipinski definition) is 3. The van der Waals surface area contributed by atoms with E-state index in [1.807, 2.05) is 0 Å². The summed E-state index contributed by atoms with van der Waals surface area (Å²) in [6.07, 6.45) is 2.30. The molecule has 1 aromatic heterocycles. The summed E-state index contributed by atoms with van der Waals surface area (Å²) < 4.78 is 2.16. The summed E-state index contributed by atoms with van der Waals surface area (Å²) in [6, 6.07) is 5.65. The van der Waals surface area contributed by atoms with Gasteiger partial charge in [-0.15, -0.1) is 0 Å². The van der Waals surface area contributed by atoms with Crippen LogP contribution in [-0.2, 0) is 6.54 Å². The molecule has 0 radical (unpaired) electrons. The number of halogens is 1. The van der Waals surface area contributed by atoms with Crippen molar-refractivity contribution >= 4 is 34.7 Å². The molecular formula is C15H18ClN3OS. The first-order chi connectivity index (χ1) is 10.1. The fraction of sp³-hybridized carbons (Fsp3) is 0.467. The van der Waals surface area contributed by atoms with Crippen LogP contribution in [-0.4, -0.2) is 33.6 Å². The highest BCUT2D eigenvalue weighted by Gasteiger charge is 2.24. The second kappa shape index (κ2) is 5.91. The fourth-order valence-electron chi connectivity index (χ4n) is 3.12. The molecule has 0 aliphatic carbocycles. The molecule has 1 atom stereocenters. The Labute approximate surface area is 133 Å². The number of rotatable bonds is 3. The molecule has 1 saturated heterocycles. The fourth-order valence-corrected chi connectivity index (χ4v) is 3.56. The number of nitrogens with one attached hydrogen (secondary N) is 1. The van der Waals surface area contributed by atoms with Crippen molar-refractivity contribution in [2.75, 3.05) is 13.1 Å². The summed E-state index contributed by atoms with van der Waals surface area (Å²) in [5.74, 6) is 0. The Hall–Kier alpha value is -1.17. The van der Waals surface area contributed by atoms with Gasteiger partial charge in [-0.05, 0) is 56.3 Å². The lowest BCUT2D eigenvalue weighted by Gasteiger charge is -2.23. The van der Waals surface area contributed by atoms with Crippen molar-refractivity contribution in [3.63, 3.8) is 0 Å². The van der Waals surface area contributed by atoms with E-state index < -0.39 is 0 Å². The van der Waals surface area contributed by atoms with Gasteiger partial charge in [0, 0.05) is 17.6 Å². The Balaban J connectivity index is 2.06. The Morgan fingerprint density at radius 2 is 2.29 bits per heavy atom. The minimum Gasteiger partial charge on any atom is -0.332 e. The summed E-state index contributed by atoms with van der Waals surface area (Å²) >= 11 is 11.4. The van der Waals surface area contributed by atoms with Gasteiger partial charge < -0.3 is 4.98 Å². The minimum absolute atomic E-state index is 0.0563. The summed E-state index contributed by atoms with van der Waals surface area (Å²) in [6.45, 7) is 4.91. The third kappa shape index (κ3) is 2.78. The van der Waals surface area contributed by atoms with Gasteiger partial charge in [0.1, 0.15) is 0 Å². The average molecular weight is 324 g/mol. The minimum atomic E-state index is -0.0563. The number of H-pyrrole nitrogens is 1. The number of likely N-dealkylation sites (N-methyl/N-ethyl adjacent to an activating group) is 1. The first-order valence-corrected chi connectivity index (χ1v) is 8.05. The molecule has 3 rings (SSSR count). The largest absolute Gasteiger partial charge is 0.332 e. The zero-order valence-corrected chi connectivity index (χ0v) is 13.5. The smallest absolute Gasteiger partial charge is 0.262 e. The van der Waals surface area contributed by atoms with E-state index in [0.29, 0.717) is 27.8 Å². The third-order valence-corrected chi connectivity index (χ3v) is 4.80. The van der Waals surface area contributed by atoms with Crippen molar-refractivity contribution in [1.82, 2.24) is 14.5 Å². The maximum atomic E-state index is 12.7. The molecule has 0 saturated carbocycles. The number of fused-ring (bicyclic) bond motifs is 1. The van der Waals surface area contributed by atoms with Gasteiger partial charge in [0.25, 0.3) is 5.56 Å². The number of hydrogen-bond donors (Lipinski definition) is 1. The van der Waals surface area contributed by atoms with Crippen LogP contribution in [0.2, 0.25) is 5.02 Å². The highest BCUT2D eigenvalue weighted by molar-refractivity contribution is 7.71. The molecule has 0 amide bonds. The molecular weight excluding hydrogens is 306 g/mol. The van der Waals surface area contributed by atoms with Gasteiger partial charge in [-0.25, -0.2) is 0 Å². The molecule has 0 bridgehead atoms. The van der Waals surface area contributed by atoms with Gasteiger partial charge >= 0.3 is 0 Å². The third-order valence-electron chi connectivity index (χ3n) is 4.24. The molecule has 0 spiro atoms. The molecule has 112 valence electrons. The van der Waals surface area contributed by atoms with Gasteiger partial charge in [0.05, 0.1) is 10.9 Å². The van der Waals surface area contributed by atoms with Crippen LogP contribution in [0.3, 0.4) is 0 Å². The second-order valence-corrected chi connectivity index (χ2v) is 6.28. The molecule has 1 aliphatic rings. The second-order valence-electron chi connectivity index (χ2n) is 5.46. The van der Waals surface area contributed by atoms with Gasteiger partial charge in [-0.3, -0.25) is 14.3 Å². The molecule has 1 aliphatic heterocycles. The maximum absolute atomic E-state index is 12.7. The van der Waals surface area contributed by atoms with Gasteiger partial charge in [0.2, 0.25) is 0 Å². The zero-order chi connectivity index (χ0) is 15.0. The maximum Gasteiger partial charge on any atom is 0.262 e. The molecule has 1 fully saturated rings. The Morgan fingerprint density at radius 1 is 1.48 bits per heavy atom. The number of aromatic nitrogens is 2. The van der Waals surface area contributed by atoms with Crippen molar-refractivity contribution in [2.24, 2.45) is 0 Å². The van der Waals surface area contributed by atoms with E-state index in [2.05, 4.69) is 16.8 Å². The predicted molar refractivity (Wildman–Crippen MR) is 88.7 cm³/mol. The Bertz CT molecular complexity index is 783. The van der Waals surface area contributed by atoms with Gasteiger partial charge in [-0.2, -0.15) is 0 Å². The van der Waals surface area contributed by atoms with Crippen molar-refractivity contribution in [3.8, 4) is 0 Å². The lowest BCUT2D eigenvalue weighted by atomic mass is 10.2. The Morgan fingerprint density at radius 3 is 3.05 bits per heavy atom. The summed E-state index contributed by atoms with van der Waals surface area (Å²) in [5.41, 5.74) is 0.684. The quantitative estimate of drug-likeness (QED) is 0.882. The SMILES string of the molecule is CCN1CCCC1Cn1c(=S)[nH]c2ccc(Cl)cc2c1=O. The van der Waals surface area contributed by atoms with Crippen LogP contribution in [0.4, 0.5) is 0 Å². The normalized spacial score (nSPS) is 19.4. The van der Waals surface area contributed by atoms with E-state index in [1.165, 1.54) is 6.42 Å². The van der Waals surface area contributed by atoms with Crippen molar-refractivity contribution in [3.05, 3.63) is 38.3 Å². The van der Waals surface area contributed by atoms with E-state index >= 15 is 0 Å². The lowest BCUT2D eigenvalue weighted by Crippen LogP contribution is -2.36. The van der Waals surface area contributed by atoms with Crippen LogP contribution in [0.15, 0.2) is 23.0 Å². The molecule has 4 nitrogen and oxygen atoms in total. The molecule has 1 N–H and O–H groups in total. The number of aromatic amines is 1. The van der Waals surface area contributed by atoms with E-state index in [9.17, 15) is 4.79 Å². The van der Waals surface area contributed by atoms with Crippen LogP contribution in [0.1, 0.15) is 19.8 Å². The molecule has 1 aromatic carbocycles. The summed E-state index contributed by atoms with van der Waals surface area (Å²) in [4.78, 5) is 18.2. The van der Waals surface area contributed by atoms with Crippen LogP contribution in [0, 0.1) is 4.77 Å². The van der Waals surface area contributed by atoms with E-state index in [4.69, 9.17) is 23.8 Å². The molecule has 21 heavy (non-hydrogen) atoms. The molecule has 6 heteroatoms. The van der Waals surface area contributed by atoms with Crippen LogP contribution >= 0.6 is 23.8 Å². The van der Waals surface area contributed by atoms with Crippen LogP contribution < -0.4 is 5.56 Å². The Kier molecular flexibility index (Phi) is 4.15. The van der Waals surface area contributed by atoms with Gasteiger partial charge in [-0.1, -0.05) is 18.5 Å². The number of benzene rings is 1. The number of likely N-dealkylation sites (tertiary alicyclic amines) is 1. The van der Waals surface area contributed by atoms with Crippen molar-refractivity contribution in [1.29, 1.82) is 0 Å². The highest BCUT2D eigenvalue weighted by atomic mass is 35.5. The van der Waals surface area contributed by atoms with Crippen LogP contribution in [0.25, 0.3) is 10.9 Å². The van der Waals surface area contributed by atoms with Gasteiger partial charge in [0.15, 0.2) is 4.77 Å². The van der Waals surface area contributed by atoms with Crippen molar-refractivity contribution in [2.45, 2.75) is 32.4 Å². The van der Waals surface area contributed by atoms with E-state index in [0.717, 1.165) is 25.0 Å². The summed E-state index contributed by atoms with van der Waals surface area (Å²) in [5, 5.41) is 1.16. The average Bonchev–Trinajstić information content (AvgIpc) is 2.91. The van der Waals surface area contributed by atoms with E-state index in [-0.39, 0.29) is 5.56 Å². The van der Waals surface area contributed by atoms with Crippen molar-refractivity contribution < 1.29 is 0 Å². The first-order valence-electron chi connectivity index (χ1n) is 7.26. The topological polar surface area (TPSA) is 41.0 Å². The van der Waals surface area contributed by atoms with E-state index in [1.54, 1.807) is 22.8 Å². The molecule has 1 unspecified atom stereocenters. The zero-order valence-electron chi connectivity index (χ0n) is 11.9. The number of nitrogens with zero attached hydrogens (tertiary/aromatic N) is 2. The van der Waals surface area contributed by atoms with Crippen LogP contribution in [0.5, 0.6) is 0 Å². The molecule has 2 heterocycles. The summed E-state index contributed by atoms with van der Waals surface area (Å²) in [7, 11) is 0. The monoisotopic (exact) mass is 323 g/mol. The highest BCUT2D eigenvalue weighted by Crippen LogP contribution is 2.19. The lowest BCUT2D eigenvalue weighted by molar-refractivity contribution is 0.241. The molecule has 2 aromatic rings. The standard InChI is InChI=1S/C15H18ClN3OS/c1-2-18-7-3-4-11(18)9-19-14(20)12-8-10(16)5-6-13(12)17-15(19)21/h5-6,8,11H,2-4,7,9H2,1H3,(H,17,21). The predicted octanol–water partition coefficient (Wildman–Crippen LogP) is 3.20. The first kappa shape index (κ1) is 14.8.